The molecule has 1 N–H and O–H groups in total. The second-order valence-corrected chi connectivity index (χ2v) is 12.0. The van der Waals surface area contributed by atoms with E-state index in [-0.39, 0.29) is 34.5 Å². The standard InChI is InChI=1S/C23H25FN4O3S2/c1-15-6-7-16(12-18(15)25-23-26-19-13-33(30,31)14-21(19)32-23)22(29)28-10-8-27(9-11-28)20-5-3-2-4-17(20)24/h2-7,12,19,21H,8-11,13-14H2,1H3,(H,25,26)/t19-,21-/m0/s1. The van der Waals surface area contributed by atoms with Gasteiger partial charge in [0.25, 0.3) is 5.91 Å². The van der Waals surface area contributed by atoms with Crippen molar-refractivity contribution in [2.45, 2.75) is 18.2 Å². The fraction of sp³-hybridized carbons (Fsp3) is 0.391. The van der Waals surface area contributed by atoms with Crippen LogP contribution in [0.3, 0.4) is 0 Å². The number of aryl methyl sites for hydroxylation is 1. The van der Waals surface area contributed by atoms with Gasteiger partial charge in [0.05, 0.1) is 23.2 Å². The van der Waals surface area contributed by atoms with Gasteiger partial charge in [0, 0.05) is 42.7 Å². The maximum absolute atomic E-state index is 14.1. The second kappa shape index (κ2) is 8.64. The Morgan fingerprint density at radius 3 is 2.61 bits per heavy atom. The highest BCUT2D eigenvalue weighted by molar-refractivity contribution is 8.15. The SMILES string of the molecule is Cc1ccc(C(=O)N2CCN(c3ccccc3F)CC2)cc1NC1=N[C@H]2CS(=O)(=O)C[C@@H]2S1. The van der Waals surface area contributed by atoms with Gasteiger partial charge in [0.15, 0.2) is 15.0 Å². The van der Waals surface area contributed by atoms with Crippen LogP contribution in [0.5, 0.6) is 0 Å². The van der Waals surface area contributed by atoms with Gasteiger partial charge in [-0.3, -0.25) is 9.79 Å². The first-order chi connectivity index (χ1) is 15.8. The quantitative estimate of drug-likeness (QED) is 0.716. The van der Waals surface area contributed by atoms with Crippen molar-refractivity contribution in [2.75, 3.05) is 47.9 Å². The number of anilines is 2. The Morgan fingerprint density at radius 2 is 1.88 bits per heavy atom. The van der Waals surface area contributed by atoms with Crippen molar-refractivity contribution in [3.63, 3.8) is 0 Å². The predicted molar refractivity (Wildman–Crippen MR) is 131 cm³/mol. The molecule has 2 saturated heterocycles. The summed E-state index contributed by atoms with van der Waals surface area (Å²) < 4.78 is 37.7. The molecule has 0 saturated carbocycles. The lowest BCUT2D eigenvalue weighted by atomic mass is 10.1. The number of hydrogen-bond donors (Lipinski definition) is 1. The van der Waals surface area contributed by atoms with E-state index in [4.69, 9.17) is 0 Å². The summed E-state index contributed by atoms with van der Waals surface area (Å²) in [5.74, 6) is -0.0456. The Morgan fingerprint density at radius 1 is 1.12 bits per heavy atom. The van der Waals surface area contributed by atoms with Gasteiger partial charge in [0.1, 0.15) is 5.82 Å². The summed E-state index contributed by atoms with van der Waals surface area (Å²) in [5.41, 5.74) is 2.91. The Hall–Kier alpha value is -2.59. The molecular formula is C23H25FN4O3S2. The first-order valence-corrected chi connectivity index (χ1v) is 13.6. The van der Waals surface area contributed by atoms with Crippen molar-refractivity contribution < 1.29 is 17.6 Å². The maximum atomic E-state index is 14.1. The van der Waals surface area contributed by atoms with Gasteiger partial charge >= 0.3 is 0 Å². The number of carbonyl (C=O) groups excluding carboxylic acids is 1. The zero-order valence-electron chi connectivity index (χ0n) is 18.2. The van der Waals surface area contributed by atoms with Gasteiger partial charge in [0.2, 0.25) is 0 Å². The number of rotatable bonds is 3. The van der Waals surface area contributed by atoms with E-state index in [0.717, 1.165) is 11.3 Å². The summed E-state index contributed by atoms with van der Waals surface area (Å²) in [5, 5.41) is 3.96. The normalized spacial score (nSPS) is 23.9. The van der Waals surface area contributed by atoms with Crippen molar-refractivity contribution >= 4 is 44.0 Å². The molecule has 2 aromatic rings. The third kappa shape index (κ3) is 4.59. The number of halogens is 1. The summed E-state index contributed by atoms with van der Waals surface area (Å²) in [6.07, 6.45) is 0. The highest BCUT2D eigenvalue weighted by atomic mass is 32.2. The fourth-order valence-corrected chi connectivity index (χ4v) is 8.13. The van der Waals surface area contributed by atoms with Crippen LogP contribution >= 0.6 is 11.8 Å². The average Bonchev–Trinajstić information content (AvgIpc) is 3.28. The Balaban J connectivity index is 1.25. The van der Waals surface area contributed by atoms with Crippen LogP contribution in [0.1, 0.15) is 15.9 Å². The molecule has 10 heteroatoms. The summed E-state index contributed by atoms with van der Waals surface area (Å²) in [6.45, 7) is 4.13. The lowest BCUT2D eigenvalue weighted by Crippen LogP contribution is -2.49. The van der Waals surface area contributed by atoms with E-state index in [1.165, 1.54) is 17.8 Å². The third-order valence-electron chi connectivity index (χ3n) is 6.30. The summed E-state index contributed by atoms with van der Waals surface area (Å²) >= 11 is 1.46. The molecule has 33 heavy (non-hydrogen) atoms. The molecular weight excluding hydrogens is 463 g/mol. The minimum absolute atomic E-state index is 0.0339. The Labute approximate surface area is 197 Å². The molecule has 0 bridgehead atoms. The molecule has 3 aliphatic rings. The molecule has 1 amide bonds. The number of thioether (sulfide) groups is 1. The molecule has 0 aliphatic carbocycles. The molecule has 174 valence electrons. The van der Waals surface area contributed by atoms with Crippen LogP contribution in [0.4, 0.5) is 15.8 Å². The van der Waals surface area contributed by atoms with E-state index < -0.39 is 9.84 Å². The molecule has 2 atom stereocenters. The Kier molecular flexibility index (Phi) is 5.82. The molecule has 2 fully saturated rings. The first kappa shape index (κ1) is 22.2. The average molecular weight is 489 g/mol. The number of nitrogens with zero attached hydrogens (tertiary/aromatic N) is 3. The van der Waals surface area contributed by atoms with E-state index in [2.05, 4.69) is 10.3 Å². The number of para-hydroxylation sites is 1. The first-order valence-electron chi connectivity index (χ1n) is 10.9. The van der Waals surface area contributed by atoms with Crippen molar-refractivity contribution in [1.82, 2.24) is 4.90 Å². The number of aliphatic imine (C=N–C) groups is 1. The van der Waals surface area contributed by atoms with Crippen LogP contribution < -0.4 is 10.2 Å². The van der Waals surface area contributed by atoms with Gasteiger partial charge in [-0.1, -0.05) is 30.0 Å². The number of benzene rings is 2. The maximum Gasteiger partial charge on any atom is 0.254 e. The van der Waals surface area contributed by atoms with Gasteiger partial charge < -0.3 is 15.1 Å². The number of piperazine rings is 1. The van der Waals surface area contributed by atoms with E-state index in [1.54, 1.807) is 17.0 Å². The lowest BCUT2D eigenvalue weighted by molar-refractivity contribution is 0.0746. The van der Waals surface area contributed by atoms with Gasteiger partial charge in [-0.25, -0.2) is 12.8 Å². The van der Waals surface area contributed by atoms with Gasteiger partial charge in [-0.15, -0.1) is 0 Å². The number of amidine groups is 1. The van der Waals surface area contributed by atoms with Crippen molar-refractivity contribution in [3.05, 3.63) is 59.4 Å². The summed E-state index contributed by atoms with van der Waals surface area (Å²) in [6, 6.07) is 12.0. The van der Waals surface area contributed by atoms with E-state index in [1.807, 2.05) is 36.1 Å². The van der Waals surface area contributed by atoms with Gasteiger partial charge in [-0.2, -0.15) is 0 Å². The zero-order chi connectivity index (χ0) is 23.2. The van der Waals surface area contributed by atoms with Crippen LogP contribution in [0.25, 0.3) is 0 Å². The van der Waals surface area contributed by atoms with Crippen LogP contribution in [-0.4, -0.2) is 73.4 Å². The van der Waals surface area contributed by atoms with Crippen molar-refractivity contribution in [3.8, 4) is 0 Å². The molecule has 0 radical (unpaired) electrons. The predicted octanol–water partition coefficient (Wildman–Crippen LogP) is 2.78. The Bertz CT molecular complexity index is 1230. The minimum atomic E-state index is -2.99. The summed E-state index contributed by atoms with van der Waals surface area (Å²) in [7, 11) is -2.99. The number of amides is 1. The third-order valence-corrected chi connectivity index (χ3v) is 9.45. The molecule has 0 unspecified atom stereocenters. The van der Waals surface area contributed by atoms with Crippen LogP contribution in [0.15, 0.2) is 47.5 Å². The number of nitrogens with one attached hydrogen (secondary N) is 1. The lowest BCUT2D eigenvalue weighted by Gasteiger charge is -2.36. The van der Waals surface area contributed by atoms with Crippen molar-refractivity contribution in [1.29, 1.82) is 0 Å². The zero-order valence-corrected chi connectivity index (χ0v) is 19.8. The van der Waals surface area contributed by atoms with Crippen LogP contribution in [0, 0.1) is 12.7 Å². The number of fused-ring (bicyclic) bond motifs is 1. The molecule has 3 aliphatic heterocycles. The molecule has 3 heterocycles. The second-order valence-electron chi connectivity index (χ2n) is 8.62. The van der Waals surface area contributed by atoms with Crippen LogP contribution in [0.2, 0.25) is 0 Å². The fourth-order valence-electron chi connectivity index (χ4n) is 4.46. The highest BCUT2D eigenvalue weighted by Gasteiger charge is 2.42. The van der Waals surface area contributed by atoms with Crippen LogP contribution in [-0.2, 0) is 9.84 Å². The molecule has 0 spiro atoms. The molecule has 5 rings (SSSR count). The summed E-state index contributed by atoms with van der Waals surface area (Å²) in [4.78, 5) is 21.5. The van der Waals surface area contributed by atoms with Crippen molar-refractivity contribution in [2.24, 2.45) is 4.99 Å². The number of hydrogen-bond acceptors (Lipinski definition) is 7. The minimum Gasteiger partial charge on any atom is -0.366 e. The molecule has 7 nitrogen and oxygen atoms in total. The largest absolute Gasteiger partial charge is 0.366 e. The van der Waals surface area contributed by atoms with Gasteiger partial charge in [-0.05, 0) is 36.8 Å². The number of carbonyl (C=O) groups is 1. The van der Waals surface area contributed by atoms with E-state index in [0.29, 0.717) is 42.6 Å². The highest BCUT2D eigenvalue weighted by Crippen LogP contribution is 2.35. The van der Waals surface area contributed by atoms with E-state index in [9.17, 15) is 17.6 Å². The topological polar surface area (TPSA) is 82.1 Å². The number of sulfone groups is 1. The molecule has 2 aromatic carbocycles. The smallest absolute Gasteiger partial charge is 0.254 e. The van der Waals surface area contributed by atoms with E-state index >= 15 is 0 Å². The monoisotopic (exact) mass is 488 g/mol. The molecule has 0 aromatic heterocycles.